The number of piperazine rings is 1. The Labute approximate surface area is 222 Å². The lowest BCUT2D eigenvalue weighted by atomic mass is 9.82. The predicted molar refractivity (Wildman–Crippen MR) is 148 cm³/mol. The van der Waals surface area contributed by atoms with E-state index < -0.39 is 0 Å². The number of nitrogens with zero attached hydrogens (tertiary/aromatic N) is 2. The molecule has 3 aromatic rings. The van der Waals surface area contributed by atoms with E-state index in [0.717, 1.165) is 31.1 Å². The standard InChI is InChI=1S/C29H34N2O2.2ClH/c1-32-26-15-16-28(33-2)24(18-26)19-30-20-25-14-9-17-31(25)27(21-30)29(22-10-5-3-6-11-22)23-12-7-4-8-13-23;;/h3-8,10-13,15-16,18,25,27,29H,9,14,17,19-21H2,1-2H3;2*1H. The Bertz CT molecular complexity index is 1010. The largest absolute Gasteiger partial charge is 0.497 e. The molecule has 0 saturated carbocycles. The predicted octanol–water partition coefficient (Wildman–Crippen LogP) is 6.03. The van der Waals surface area contributed by atoms with Gasteiger partial charge >= 0.3 is 0 Å². The van der Waals surface area contributed by atoms with Gasteiger partial charge in [-0.15, -0.1) is 24.8 Å². The van der Waals surface area contributed by atoms with Crippen LogP contribution in [-0.4, -0.2) is 55.7 Å². The number of ether oxygens (including phenoxy) is 2. The molecule has 0 N–H and O–H groups in total. The van der Waals surface area contributed by atoms with E-state index in [4.69, 9.17) is 9.47 Å². The van der Waals surface area contributed by atoms with Crippen molar-refractivity contribution in [1.82, 2.24) is 9.80 Å². The van der Waals surface area contributed by atoms with Crippen LogP contribution in [0.1, 0.15) is 35.4 Å². The van der Waals surface area contributed by atoms with Gasteiger partial charge in [0, 0.05) is 43.2 Å². The second-order valence-electron chi connectivity index (χ2n) is 9.27. The van der Waals surface area contributed by atoms with Crippen LogP contribution in [-0.2, 0) is 6.54 Å². The molecule has 0 radical (unpaired) electrons. The van der Waals surface area contributed by atoms with Crippen LogP contribution in [0.3, 0.4) is 0 Å². The normalized spacial score (nSPS) is 20.0. The number of hydrogen-bond donors (Lipinski definition) is 0. The van der Waals surface area contributed by atoms with Crippen LogP contribution < -0.4 is 9.47 Å². The number of halogens is 2. The van der Waals surface area contributed by atoms with E-state index in [0.29, 0.717) is 18.0 Å². The molecule has 2 fully saturated rings. The SMILES string of the molecule is COc1ccc(OC)c(CN2CC3CCCN3C(C(c3ccccc3)c3ccccc3)C2)c1.Cl.Cl. The minimum atomic E-state index is 0. The second-order valence-corrected chi connectivity index (χ2v) is 9.27. The van der Waals surface area contributed by atoms with Crippen LogP contribution in [0, 0.1) is 0 Å². The summed E-state index contributed by atoms with van der Waals surface area (Å²) in [6.07, 6.45) is 2.56. The van der Waals surface area contributed by atoms with Crippen molar-refractivity contribution in [1.29, 1.82) is 0 Å². The van der Waals surface area contributed by atoms with Gasteiger partial charge < -0.3 is 9.47 Å². The Morgan fingerprint density at radius 2 is 1.49 bits per heavy atom. The summed E-state index contributed by atoms with van der Waals surface area (Å²) >= 11 is 0. The maximum absolute atomic E-state index is 5.69. The highest BCUT2D eigenvalue weighted by Crippen LogP contribution is 2.38. The lowest BCUT2D eigenvalue weighted by Crippen LogP contribution is -2.57. The summed E-state index contributed by atoms with van der Waals surface area (Å²) in [5, 5.41) is 0. The number of benzene rings is 3. The zero-order valence-electron chi connectivity index (χ0n) is 20.5. The van der Waals surface area contributed by atoms with Crippen molar-refractivity contribution in [3.63, 3.8) is 0 Å². The molecular formula is C29H36Cl2N2O2. The molecule has 35 heavy (non-hydrogen) atoms. The average molecular weight is 516 g/mol. The molecule has 0 spiro atoms. The minimum Gasteiger partial charge on any atom is -0.497 e. The number of hydrogen-bond acceptors (Lipinski definition) is 4. The van der Waals surface area contributed by atoms with Crippen molar-refractivity contribution in [2.45, 2.75) is 37.4 Å². The van der Waals surface area contributed by atoms with Gasteiger partial charge in [0.25, 0.3) is 0 Å². The average Bonchev–Trinajstić information content (AvgIpc) is 3.34. The van der Waals surface area contributed by atoms with E-state index in [2.05, 4.69) is 76.5 Å². The molecule has 2 aliphatic rings. The van der Waals surface area contributed by atoms with Crippen LogP contribution in [0.5, 0.6) is 11.5 Å². The number of methoxy groups -OCH3 is 2. The van der Waals surface area contributed by atoms with Crippen LogP contribution in [0.2, 0.25) is 0 Å². The molecule has 0 amide bonds. The zero-order chi connectivity index (χ0) is 22.6. The van der Waals surface area contributed by atoms with Gasteiger partial charge in [-0.2, -0.15) is 0 Å². The highest BCUT2D eigenvalue weighted by atomic mass is 35.5. The monoisotopic (exact) mass is 514 g/mol. The van der Waals surface area contributed by atoms with E-state index in [1.165, 1.54) is 36.1 Å². The Hall–Kier alpha value is -2.24. The van der Waals surface area contributed by atoms with Gasteiger partial charge in [0.1, 0.15) is 11.5 Å². The van der Waals surface area contributed by atoms with Crippen LogP contribution in [0.4, 0.5) is 0 Å². The first kappa shape index (κ1) is 27.3. The summed E-state index contributed by atoms with van der Waals surface area (Å²) in [6.45, 7) is 4.21. The Balaban J connectivity index is 0.00000171. The number of fused-ring (bicyclic) bond motifs is 1. The molecule has 0 aliphatic carbocycles. The van der Waals surface area contributed by atoms with E-state index in [9.17, 15) is 0 Å². The quantitative estimate of drug-likeness (QED) is 0.384. The lowest BCUT2D eigenvalue weighted by molar-refractivity contribution is 0.0380. The first-order valence-electron chi connectivity index (χ1n) is 12.1. The first-order chi connectivity index (χ1) is 16.3. The molecule has 2 atom stereocenters. The van der Waals surface area contributed by atoms with Crippen molar-refractivity contribution in [3.05, 3.63) is 95.6 Å². The van der Waals surface area contributed by atoms with Crippen molar-refractivity contribution in [3.8, 4) is 11.5 Å². The molecule has 188 valence electrons. The summed E-state index contributed by atoms with van der Waals surface area (Å²) < 4.78 is 11.2. The van der Waals surface area contributed by atoms with Gasteiger partial charge in [-0.3, -0.25) is 9.80 Å². The maximum atomic E-state index is 5.69. The molecule has 2 aliphatic heterocycles. The van der Waals surface area contributed by atoms with Crippen LogP contribution in [0.25, 0.3) is 0 Å². The van der Waals surface area contributed by atoms with Crippen LogP contribution in [0.15, 0.2) is 78.9 Å². The Morgan fingerprint density at radius 3 is 2.09 bits per heavy atom. The fraction of sp³-hybridized carbons (Fsp3) is 0.379. The molecule has 6 heteroatoms. The summed E-state index contributed by atoms with van der Waals surface area (Å²) in [7, 11) is 3.48. The zero-order valence-corrected chi connectivity index (χ0v) is 22.1. The van der Waals surface area contributed by atoms with Gasteiger partial charge in [-0.1, -0.05) is 60.7 Å². The third-order valence-electron chi connectivity index (χ3n) is 7.35. The fourth-order valence-corrected chi connectivity index (χ4v) is 5.86. The van der Waals surface area contributed by atoms with Crippen LogP contribution >= 0.6 is 24.8 Å². The molecule has 2 heterocycles. The van der Waals surface area contributed by atoms with Gasteiger partial charge in [0.2, 0.25) is 0 Å². The van der Waals surface area contributed by atoms with Crippen molar-refractivity contribution in [2.24, 2.45) is 0 Å². The van der Waals surface area contributed by atoms with Gasteiger partial charge in [0.15, 0.2) is 0 Å². The van der Waals surface area contributed by atoms with Crippen molar-refractivity contribution < 1.29 is 9.47 Å². The topological polar surface area (TPSA) is 24.9 Å². The molecule has 4 nitrogen and oxygen atoms in total. The first-order valence-corrected chi connectivity index (χ1v) is 12.1. The third kappa shape index (κ3) is 5.95. The lowest BCUT2D eigenvalue weighted by Gasteiger charge is -2.47. The van der Waals surface area contributed by atoms with Crippen molar-refractivity contribution >= 4 is 24.8 Å². The third-order valence-corrected chi connectivity index (χ3v) is 7.35. The van der Waals surface area contributed by atoms with Gasteiger partial charge in [-0.05, 0) is 48.7 Å². The molecule has 2 unspecified atom stereocenters. The highest BCUT2D eigenvalue weighted by molar-refractivity contribution is 5.85. The summed E-state index contributed by atoms with van der Waals surface area (Å²) in [5.74, 6) is 2.17. The second kappa shape index (κ2) is 12.6. The van der Waals surface area contributed by atoms with Crippen molar-refractivity contribution in [2.75, 3.05) is 33.9 Å². The minimum absolute atomic E-state index is 0. The van der Waals surface area contributed by atoms with E-state index >= 15 is 0 Å². The van der Waals surface area contributed by atoms with E-state index in [-0.39, 0.29) is 24.8 Å². The van der Waals surface area contributed by atoms with Gasteiger partial charge in [0.05, 0.1) is 14.2 Å². The van der Waals surface area contributed by atoms with E-state index in [1.807, 2.05) is 12.1 Å². The molecular weight excluding hydrogens is 479 g/mol. The molecule has 2 saturated heterocycles. The molecule has 0 bridgehead atoms. The number of rotatable bonds is 7. The Morgan fingerprint density at radius 1 is 0.829 bits per heavy atom. The van der Waals surface area contributed by atoms with Gasteiger partial charge in [-0.25, -0.2) is 0 Å². The molecule has 0 aromatic heterocycles. The van der Waals surface area contributed by atoms with E-state index in [1.54, 1.807) is 14.2 Å². The molecule has 5 rings (SSSR count). The summed E-state index contributed by atoms with van der Waals surface area (Å²) in [4.78, 5) is 5.43. The summed E-state index contributed by atoms with van der Waals surface area (Å²) in [5.41, 5.74) is 4.00. The summed E-state index contributed by atoms with van der Waals surface area (Å²) in [6, 6.07) is 29.3. The smallest absolute Gasteiger partial charge is 0.123 e. The maximum Gasteiger partial charge on any atom is 0.123 e. The fourth-order valence-electron chi connectivity index (χ4n) is 5.86. The Kier molecular flexibility index (Phi) is 9.88. The molecule has 3 aromatic carbocycles. The highest BCUT2D eigenvalue weighted by Gasteiger charge is 2.41.